The SMILES string of the molecule is CC.Cc1cc(-c2ccccc2)nc(-c2ccccc2)c1. The molecule has 0 amide bonds. The highest BCUT2D eigenvalue weighted by Crippen LogP contribution is 2.24. The Labute approximate surface area is 127 Å². The smallest absolute Gasteiger partial charge is 0.0712 e. The van der Waals surface area contributed by atoms with Gasteiger partial charge >= 0.3 is 0 Å². The number of nitrogens with zero attached hydrogens (tertiary/aromatic N) is 1. The van der Waals surface area contributed by atoms with E-state index in [1.54, 1.807) is 0 Å². The van der Waals surface area contributed by atoms with Gasteiger partial charge in [-0.25, -0.2) is 4.98 Å². The van der Waals surface area contributed by atoms with Crippen molar-refractivity contribution in [3.63, 3.8) is 0 Å². The van der Waals surface area contributed by atoms with Gasteiger partial charge < -0.3 is 0 Å². The molecule has 1 nitrogen and oxygen atoms in total. The van der Waals surface area contributed by atoms with Crippen LogP contribution in [0.1, 0.15) is 19.4 Å². The van der Waals surface area contributed by atoms with Crippen molar-refractivity contribution in [2.24, 2.45) is 0 Å². The summed E-state index contributed by atoms with van der Waals surface area (Å²) < 4.78 is 0. The highest BCUT2D eigenvalue weighted by molar-refractivity contribution is 5.67. The fourth-order valence-corrected chi connectivity index (χ4v) is 2.18. The van der Waals surface area contributed by atoms with Gasteiger partial charge in [0.25, 0.3) is 0 Å². The van der Waals surface area contributed by atoms with E-state index in [9.17, 15) is 0 Å². The van der Waals surface area contributed by atoms with Crippen LogP contribution in [0.5, 0.6) is 0 Å². The molecule has 2 aromatic carbocycles. The van der Waals surface area contributed by atoms with E-state index in [2.05, 4.69) is 43.3 Å². The van der Waals surface area contributed by atoms with Crippen LogP contribution in [0.15, 0.2) is 72.8 Å². The quantitative estimate of drug-likeness (QED) is 0.580. The van der Waals surface area contributed by atoms with Gasteiger partial charge in [-0.15, -0.1) is 0 Å². The Balaban J connectivity index is 0.000000774. The van der Waals surface area contributed by atoms with Crippen LogP contribution in [0.2, 0.25) is 0 Å². The summed E-state index contributed by atoms with van der Waals surface area (Å²) in [6.45, 7) is 6.11. The number of hydrogen-bond donors (Lipinski definition) is 0. The lowest BCUT2D eigenvalue weighted by atomic mass is 10.1. The van der Waals surface area contributed by atoms with Gasteiger partial charge in [-0.3, -0.25) is 0 Å². The van der Waals surface area contributed by atoms with Crippen LogP contribution in [0.25, 0.3) is 22.5 Å². The normalized spacial score (nSPS) is 9.67. The van der Waals surface area contributed by atoms with Crippen molar-refractivity contribution in [1.29, 1.82) is 0 Å². The van der Waals surface area contributed by atoms with Gasteiger partial charge in [0.2, 0.25) is 0 Å². The highest BCUT2D eigenvalue weighted by atomic mass is 14.7. The lowest BCUT2D eigenvalue weighted by molar-refractivity contribution is 1.29. The van der Waals surface area contributed by atoms with E-state index < -0.39 is 0 Å². The number of benzene rings is 2. The molecule has 1 heterocycles. The third kappa shape index (κ3) is 3.79. The maximum atomic E-state index is 4.77. The molecule has 1 heteroatoms. The topological polar surface area (TPSA) is 12.9 Å². The Morgan fingerprint density at radius 1 is 0.619 bits per heavy atom. The molecule has 0 atom stereocenters. The van der Waals surface area contributed by atoms with Gasteiger partial charge in [0.05, 0.1) is 11.4 Å². The maximum Gasteiger partial charge on any atom is 0.0712 e. The van der Waals surface area contributed by atoms with Crippen LogP contribution >= 0.6 is 0 Å². The summed E-state index contributed by atoms with van der Waals surface area (Å²) in [5.41, 5.74) is 5.60. The third-order valence-corrected chi connectivity index (χ3v) is 3.11. The minimum Gasteiger partial charge on any atom is -0.248 e. The first-order valence-corrected chi connectivity index (χ1v) is 7.42. The second kappa shape index (κ2) is 7.39. The average Bonchev–Trinajstić information content (AvgIpc) is 2.58. The Hall–Kier alpha value is -2.41. The summed E-state index contributed by atoms with van der Waals surface area (Å²) in [6, 6.07) is 24.9. The Morgan fingerprint density at radius 2 is 1.00 bits per heavy atom. The van der Waals surface area contributed by atoms with Crippen LogP contribution in [0, 0.1) is 6.92 Å². The minimum atomic E-state index is 1.03. The lowest BCUT2D eigenvalue weighted by Gasteiger charge is -2.07. The number of aryl methyl sites for hydroxylation is 1. The third-order valence-electron chi connectivity index (χ3n) is 3.11. The monoisotopic (exact) mass is 275 g/mol. The van der Waals surface area contributed by atoms with E-state index in [1.165, 1.54) is 5.56 Å². The van der Waals surface area contributed by atoms with Crippen molar-refractivity contribution in [2.75, 3.05) is 0 Å². The van der Waals surface area contributed by atoms with Gasteiger partial charge in [-0.1, -0.05) is 74.5 Å². The zero-order valence-corrected chi connectivity index (χ0v) is 12.9. The van der Waals surface area contributed by atoms with Crippen LogP contribution < -0.4 is 0 Å². The van der Waals surface area contributed by atoms with Gasteiger partial charge in [-0.2, -0.15) is 0 Å². The number of rotatable bonds is 2. The molecule has 0 aliphatic carbocycles. The average molecular weight is 275 g/mol. The summed E-state index contributed by atoms with van der Waals surface area (Å²) in [4.78, 5) is 4.77. The summed E-state index contributed by atoms with van der Waals surface area (Å²) in [5.74, 6) is 0. The van der Waals surface area contributed by atoms with Crippen LogP contribution in [-0.2, 0) is 0 Å². The summed E-state index contributed by atoms with van der Waals surface area (Å²) in [7, 11) is 0. The molecule has 0 radical (unpaired) electrons. The molecule has 1 aromatic heterocycles. The largest absolute Gasteiger partial charge is 0.248 e. The molecule has 0 aliphatic heterocycles. The van der Waals surface area contributed by atoms with Gasteiger partial charge in [0.15, 0.2) is 0 Å². The van der Waals surface area contributed by atoms with E-state index in [4.69, 9.17) is 4.98 Å². The van der Waals surface area contributed by atoms with Crippen molar-refractivity contribution in [3.05, 3.63) is 78.4 Å². The van der Waals surface area contributed by atoms with E-state index in [-0.39, 0.29) is 0 Å². The molecule has 0 N–H and O–H groups in total. The molecule has 0 spiro atoms. The van der Waals surface area contributed by atoms with Gasteiger partial charge in [0, 0.05) is 11.1 Å². The summed E-state index contributed by atoms with van der Waals surface area (Å²) >= 11 is 0. The van der Waals surface area contributed by atoms with E-state index in [0.29, 0.717) is 0 Å². The van der Waals surface area contributed by atoms with Crippen molar-refractivity contribution < 1.29 is 0 Å². The van der Waals surface area contributed by atoms with E-state index in [1.807, 2.05) is 50.2 Å². The van der Waals surface area contributed by atoms with E-state index >= 15 is 0 Å². The van der Waals surface area contributed by atoms with Gasteiger partial charge in [-0.05, 0) is 24.6 Å². The fraction of sp³-hybridized carbons (Fsp3) is 0.150. The van der Waals surface area contributed by atoms with E-state index in [0.717, 1.165) is 22.5 Å². The molecule has 106 valence electrons. The molecule has 0 aliphatic rings. The van der Waals surface area contributed by atoms with Crippen LogP contribution in [0.3, 0.4) is 0 Å². The molecular formula is C20H21N. The Bertz CT molecular complexity index is 615. The molecule has 0 saturated heterocycles. The first-order chi connectivity index (χ1) is 10.3. The molecule has 3 rings (SSSR count). The predicted octanol–water partition coefficient (Wildman–Crippen LogP) is 5.75. The molecule has 0 fully saturated rings. The molecular weight excluding hydrogens is 254 g/mol. The molecule has 21 heavy (non-hydrogen) atoms. The molecule has 3 aromatic rings. The summed E-state index contributed by atoms with van der Waals surface area (Å²) in [5, 5.41) is 0. The highest BCUT2D eigenvalue weighted by Gasteiger charge is 2.04. The molecule has 0 unspecified atom stereocenters. The second-order valence-corrected chi connectivity index (χ2v) is 4.65. The Kier molecular flexibility index (Phi) is 5.28. The predicted molar refractivity (Wildman–Crippen MR) is 91.2 cm³/mol. The number of pyridine rings is 1. The zero-order chi connectivity index (χ0) is 15.1. The molecule has 0 saturated carbocycles. The summed E-state index contributed by atoms with van der Waals surface area (Å²) in [6.07, 6.45) is 0. The Morgan fingerprint density at radius 3 is 1.38 bits per heavy atom. The van der Waals surface area contributed by atoms with Gasteiger partial charge in [0.1, 0.15) is 0 Å². The van der Waals surface area contributed by atoms with Crippen molar-refractivity contribution in [3.8, 4) is 22.5 Å². The standard InChI is InChI=1S/C18H15N.C2H6/c1-14-12-17(15-8-4-2-5-9-15)19-18(13-14)16-10-6-3-7-11-16;1-2/h2-13H,1H3;1-2H3. The lowest BCUT2D eigenvalue weighted by Crippen LogP contribution is -1.89. The fourth-order valence-electron chi connectivity index (χ4n) is 2.18. The van der Waals surface area contributed by atoms with Crippen molar-refractivity contribution >= 4 is 0 Å². The maximum absolute atomic E-state index is 4.77. The first kappa shape index (κ1) is 15.0. The second-order valence-electron chi connectivity index (χ2n) is 4.65. The van der Waals surface area contributed by atoms with Crippen LogP contribution in [-0.4, -0.2) is 4.98 Å². The zero-order valence-electron chi connectivity index (χ0n) is 12.9. The first-order valence-electron chi connectivity index (χ1n) is 7.42. The number of hydrogen-bond acceptors (Lipinski definition) is 1. The minimum absolute atomic E-state index is 1.03. The van der Waals surface area contributed by atoms with Crippen molar-refractivity contribution in [1.82, 2.24) is 4.98 Å². The van der Waals surface area contributed by atoms with Crippen LogP contribution in [0.4, 0.5) is 0 Å². The number of aromatic nitrogens is 1. The molecule has 0 bridgehead atoms. The van der Waals surface area contributed by atoms with Crippen molar-refractivity contribution in [2.45, 2.75) is 20.8 Å².